The Hall–Kier alpha value is -1.90. The molecule has 2 aliphatic rings. The number of nitrogens with one attached hydrogen (secondary N) is 3. The third-order valence-corrected chi connectivity index (χ3v) is 9.41. The molecule has 1 aromatic heterocycles. The van der Waals surface area contributed by atoms with Crippen LogP contribution in [0.25, 0.3) is 0 Å². The lowest BCUT2D eigenvalue weighted by atomic mass is 9.91. The summed E-state index contributed by atoms with van der Waals surface area (Å²) in [4.78, 5) is 29.6. The number of carbonyl (C=O) groups is 2. The minimum atomic E-state index is -3.68. The van der Waals surface area contributed by atoms with Gasteiger partial charge in [-0.2, -0.15) is 0 Å². The number of sulfonamides is 1. The molecular formula is C27H36BrFN4O5S2. The van der Waals surface area contributed by atoms with E-state index in [0.29, 0.717) is 35.3 Å². The van der Waals surface area contributed by atoms with Gasteiger partial charge in [-0.05, 0) is 68.3 Å². The number of rotatable bonds is 12. The number of thiophene rings is 1. The summed E-state index contributed by atoms with van der Waals surface area (Å²) in [5.74, 6) is -0.796. The third-order valence-electron chi connectivity index (χ3n) is 7.33. The molecule has 40 heavy (non-hydrogen) atoms. The van der Waals surface area contributed by atoms with Crippen molar-refractivity contribution < 1.29 is 27.1 Å². The van der Waals surface area contributed by atoms with E-state index < -0.39 is 39.9 Å². The summed E-state index contributed by atoms with van der Waals surface area (Å²) < 4.78 is 47.9. The van der Waals surface area contributed by atoms with E-state index in [9.17, 15) is 22.4 Å². The molecule has 2 aliphatic heterocycles. The van der Waals surface area contributed by atoms with Crippen molar-refractivity contribution in [3.8, 4) is 0 Å². The van der Waals surface area contributed by atoms with Crippen molar-refractivity contribution in [3.05, 3.63) is 56.4 Å². The highest BCUT2D eigenvalue weighted by Gasteiger charge is 2.42. The molecule has 0 spiro atoms. The smallest absolute Gasteiger partial charge is 0.243 e. The highest BCUT2D eigenvalue weighted by Crippen LogP contribution is 2.26. The molecule has 2 aromatic rings. The van der Waals surface area contributed by atoms with Gasteiger partial charge in [0.2, 0.25) is 21.8 Å². The summed E-state index contributed by atoms with van der Waals surface area (Å²) in [6.45, 7) is 2.21. The van der Waals surface area contributed by atoms with Crippen LogP contribution in [0, 0.1) is 11.7 Å². The predicted octanol–water partition coefficient (Wildman–Crippen LogP) is 3.15. The molecule has 0 unspecified atom stereocenters. The van der Waals surface area contributed by atoms with Crippen molar-refractivity contribution in [3.63, 3.8) is 0 Å². The number of ether oxygens (including phenoxy) is 1. The summed E-state index contributed by atoms with van der Waals surface area (Å²) in [6.07, 6.45) is 3.72. The fourth-order valence-electron chi connectivity index (χ4n) is 5.23. The van der Waals surface area contributed by atoms with Crippen LogP contribution in [0.2, 0.25) is 0 Å². The Kier molecular flexibility index (Phi) is 11.1. The molecule has 0 bridgehead atoms. The average molecular weight is 660 g/mol. The molecule has 2 saturated heterocycles. The first kappa shape index (κ1) is 31.0. The summed E-state index contributed by atoms with van der Waals surface area (Å²) in [5.41, 5.74) is 0.366. The molecule has 4 rings (SSSR count). The highest BCUT2D eigenvalue weighted by molar-refractivity contribution is 9.10. The third kappa shape index (κ3) is 9.05. The second-order valence-corrected chi connectivity index (χ2v) is 14.1. The van der Waals surface area contributed by atoms with Crippen molar-refractivity contribution in [2.24, 2.45) is 5.92 Å². The molecule has 13 heteroatoms. The Bertz CT molecular complexity index is 1260. The fraction of sp³-hybridized carbons (Fsp3) is 0.556. The number of halogens is 2. The standard InChI is InChI=1S/C27H36BrFN4O5S2/c1-40(36,37)32-24(7-4-18-8-10-30-11-9-18)27(35)33-16-21(38-17-19-5-6-20(28)13-23(19)29)14-25(33)26(34)31-15-22-3-2-12-39-22/h2-3,5-6,12-13,18,21,24-25,30,32H,4,7-11,14-17H2,1H3,(H,31,34)/t21-,24-,25+/m1/s1. The van der Waals surface area contributed by atoms with E-state index in [-0.39, 0.29) is 25.5 Å². The van der Waals surface area contributed by atoms with Gasteiger partial charge in [0, 0.05) is 27.9 Å². The Morgan fingerprint density at radius 2 is 2.05 bits per heavy atom. The summed E-state index contributed by atoms with van der Waals surface area (Å²) in [6, 6.07) is 6.68. The number of amides is 2. The van der Waals surface area contributed by atoms with Crippen molar-refractivity contribution >= 4 is 49.1 Å². The summed E-state index contributed by atoms with van der Waals surface area (Å²) >= 11 is 4.76. The molecule has 3 heterocycles. The topological polar surface area (TPSA) is 117 Å². The molecule has 0 saturated carbocycles. The zero-order valence-electron chi connectivity index (χ0n) is 22.4. The van der Waals surface area contributed by atoms with Gasteiger partial charge < -0.3 is 20.3 Å². The van der Waals surface area contributed by atoms with Crippen molar-refractivity contribution in [2.75, 3.05) is 25.9 Å². The maximum Gasteiger partial charge on any atom is 0.243 e. The zero-order valence-corrected chi connectivity index (χ0v) is 25.6. The van der Waals surface area contributed by atoms with Gasteiger partial charge in [0.15, 0.2) is 0 Å². The van der Waals surface area contributed by atoms with Gasteiger partial charge in [0.25, 0.3) is 0 Å². The Balaban J connectivity index is 1.48. The second-order valence-electron chi connectivity index (χ2n) is 10.4. The van der Waals surface area contributed by atoms with Gasteiger partial charge in [0.05, 0.1) is 25.5 Å². The second kappa shape index (κ2) is 14.3. The van der Waals surface area contributed by atoms with Gasteiger partial charge in [-0.1, -0.05) is 28.1 Å². The minimum absolute atomic E-state index is 0.0178. The van der Waals surface area contributed by atoms with Crippen LogP contribution in [0.3, 0.4) is 0 Å². The molecule has 9 nitrogen and oxygen atoms in total. The largest absolute Gasteiger partial charge is 0.371 e. The molecule has 2 amide bonds. The van der Waals surface area contributed by atoms with E-state index in [4.69, 9.17) is 4.74 Å². The highest BCUT2D eigenvalue weighted by atomic mass is 79.9. The minimum Gasteiger partial charge on any atom is -0.371 e. The maximum absolute atomic E-state index is 14.4. The van der Waals surface area contributed by atoms with E-state index in [1.165, 1.54) is 22.3 Å². The van der Waals surface area contributed by atoms with E-state index in [2.05, 4.69) is 31.3 Å². The molecule has 0 aliphatic carbocycles. The van der Waals surface area contributed by atoms with Crippen LogP contribution in [0.15, 0.2) is 40.2 Å². The van der Waals surface area contributed by atoms with Crippen LogP contribution < -0.4 is 15.4 Å². The van der Waals surface area contributed by atoms with E-state index in [1.54, 1.807) is 12.1 Å². The summed E-state index contributed by atoms with van der Waals surface area (Å²) in [7, 11) is -3.68. The first-order valence-electron chi connectivity index (χ1n) is 13.4. The van der Waals surface area contributed by atoms with Gasteiger partial charge in [-0.25, -0.2) is 17.5 Å². The van der Waals surface area contributed by atoms with Crippen LogP contribution in [0.4, 0.5) is 4.39 Å². The lowest BCUT2D eigenvalue weighted by Crippen LogP contribution is -2.53. The molecule has 0 radical (unpaired) electrons. The Labute approximate surface area is 247 Å². The Morgan fingerprint density at radius 3 is 2.73 bits per heavy atom. The lowest BCUT2D eigenvalue weighted by molar-refractivity contribution is -0.140. The lowest BCUT2D eigenvalue weighted by Gasteiger charge is -2.29. The van der Waals surface area contributed by atoms with E-state index in [1.807, 2.05) is 17.5 Å². The van der Waals surface area contributed by atoms with E-state index in [0.717, 1.165) is 37.1 Å². The van der Waals surface area contributed by atoms with Crippen molar-refractivity contribution in [1.82, 2.24) is 20.3 Å². The predicted molar refractivity (Wildman–Crippen MR) is 156 cm³/mol. The van der Waals surface area contributed by atoms with Gasteiger partial charge >= 0.3 is 0 Å². The zero-order chi connectivity index (χ0) is 28.7. The first-order chi connectivity index (χ1) is 19.1. The first-order valence-corrected chi connectivity index (χ1v) is 17.0. The normalized spacial score (nSPS) is 20.9. The SMILES string of the molecule is CS(=O)(=O)N[C@H](CCC1CCNCC1)C(=O)N1C[C@H](OCc2ccc(Br)cc2F)C[C@H]1C(=O)NCc1cccs1. The monoisotopic (exact) mass is 658 g/mol. The maximum atomic E-state index is 14.4. The summed E-state index contributed by atoms with van der Waals surface area (Å²) in [5, 5.41) is 8.14. The molecule has 2 fully saturated rings. The number of likely N-dealkylation sites (tertiary alicyclic amines) is 1. The number of nitrogens with zero attached hydrogens (tertiary/aromatic N) is 1. The number of hydrogen-bond acceptors (Lipinski definition) is 7. The van der Waals surface area contributed by atoms with Crippen molar-refractivity contribution in [1.29, 1.82) is 0 Å². The molecule has 220 valence electrons. The number of carbonyl (C=O) groups excluding carboxylic acids is 2. The molecule has 1 aromatic carbocycles. The number of hydrogen-bond donors (Lipinski definition) is 3. The van der Waals surface area contributed by atoms with Crippen LogP contribution in [0.5, 0.6) is 0 Å². The van der Waals surface area contributed by atoms with Crippen LogP contribution >= 0.6 is 27.3 Å². The number of piperidine rings is 1. The average Bonchev–Trinajstić information content (AvgIpc) is 3.59. The Morgan fingerprint density at radius 1 is 1.27 bits per heavy atom. The van der Waals surface area contributed by atoms with Crippen LogP contribution in [-0.4, -0.2) is 69.2 Å². The van der Waals surface area contributed by atoms with Gasteiger partial charge in [-0.15, -0.1) is 11.3 Å². The van der Waals surface area contributed by atoms with E-state index >= 15 is 0 Å². The quantitative estimate of drug-likeness (QED) is 0.323. The molecule has 3 N–H and O–H groups in total. The molecular weight excluding hydrogens is 623 g/mol. The van der Waals surface area contributed by atoms with Crippen molar-refractivity contribution in [2.45, 2.75) is 63.4 Å². The van der Waals surface area contributed by atoms with Crippen LogP contribution in [0.1, 0.15) is 42.5 Å². The number of benzene rings is 1. The van der Waals surface area contributed by atoms with Gasteiger partial charge in [-0.3, -0.25) is 9.59 Å². The fourth-order valence-corrected chi connectivity index (χ4v) is 6.94. The van der Waals surface area contributed by atoms with Crippen LogP contribution in [-0.2, 0) is 37.5 Å². The van der Waals surface area contributed by atoms with Gasteiger partial charge in [0.1, 0.15) is 17.9 Å². The molecule has 3 atom stereocenters.